The number of hydrogen-bond acceptors (Lipinski definition) is 6. The van der Waals surface area contributed by atoms with Gasteiger partial charge >= 0.3 is 0 Å². The van der Waals surface area contributed by atoms with Gasteiger partial charge in [-0.25, -0.2) is 5.43 Å². The molecule has 0 unspecified atom stereocenters. The molecule has 10 heteroatoms. The van der Waals surface area contributed by atoms with Gasteiger partial charge in [0.2, 0.25) is 0 Å². The van der Waals surface area contributed by atoms with Gasteiger partial charge in [0.1, 0.15) is 0 Å². The van der Waals surface area contributed by atoms with Gasteiger partial charge in [-0.3, -0.25) is 9.36 Å². The number of nitrogens with one attached hydrogen (secondary N) is 2. The average Bonchev–Trinajstić information content (AvgIpc) is 3.41. The number of thioether (sulfide) groups is 1. The topological polar surface area (TPSA) is 84.2 Å². The van der Waals surface area contributed by atoms with Crippen LogP contribution in [0.1, 0.15) is 11.4 Å². The van der Waals surface area contributed by atoms with Crippen molar-refractivity contribution in [2.45, 2.75) is 11.7 Å². The van der Waals surface area contributed by atoms with E-state index in [0.29, 0.717) is 33.3 Å². The molecule has 0 aliphatic heterocycles. The van der Waals surface area contributed by atoms with Crippen molar-refractivity contribution in [3.63, 3.8) is 0 Å². The molecule has 0 fully saturated rings. The predicted molar refractivity (Wildman–Crippen MR) is 173 cm³/mol. The minimum absolute atomic E-state index is 0.0725. The molecule has 7 nitrogen and oxygen atoms in total. The molecule has 0 atom stereocenters. The summed E-state index contributed by atoms with van der Waals surface area (Å²) in [4.78, 5) is 12.9. The van der Waals surface area contributed by atoms with E-state index in [1.807, 2.05) is 65.2 Å². The normalized spacial score (nSPS) is 11.4. The Morgan fingerprint density at radius 3 is 2.26 bits per heavy atom. The summed E-state index contributed by atoms with van der Waals surface area (Å²) in [6.07, 6.45) is 1.70. The number of anilines is 1. The number of rotatable bonds is 9. The maximum absolute atomic E-state index is 12.9. The number of carbonyl (C=O) groups is 1. The summed E-state index contributed by atoms with van der Waals surface area (Å²) in [5.41, 5.74) is 5.22. The highest BCUT2D eigenvalue weighted by Gasteiger charge is 2.18. The van der Waals surface area contributed by atoms with Gasteiger partial charge in [-0.1, -0.05) is 102 Å². The van der Waals surface area contributed by atoms with Crippen LogP contribution in [-0.2, 0) is 11.3 Å². The Hall–Kier alpha value is -4.37. The van der Waals surface area contributed by atoms with E-state index in [0.717, 1.165) is 32.8 Å². The van der Waals surface area contributed by atoms with E-state index in [1.165, 1.54) is 11.8 Å². The molecule has 6 rings (SSSR count). The van der Waals surface area contributed by atoms with Gasteiger partial charge in [0.25, 0.3) is 5.91 Å². The lowest BCUT2D eigenvalue weighted by atomic mass is 9.97. The summed E-state index contributed by atoms with van der Waals surface area (Å²) in [5, 5.41) is 22.2. The van der Waals surface area contributed by atoms with Crippen molar-refractivity contribution in [2.75, 3.05) is 11.1 Å². The zero-order chi connectivity index (χ0) is 28.9. The number of hydrazone groups is 1. The highest BCUT2D eigenvalue weighted by Crippen LogP contribution is 2.30. The second-order valence-corrected chi connectivity index (χ2v) is 11.2. The monoisotopic (exact) mass is 610 g/mol. The Balaban J connectivity index is 1.20. The van der Waals surface area contributed by atoms with Crippen LogP contribution in [0, 0.1) is 0 Å². The number of para-hydroxylation sites is 1. The fourth-order valence-corrected chi connectivity index (χ4v) is 5.92. The first-order valence-corrected chi connectivity index (χ1v) is 14.8. The van der Waals surface area contributed by atoms with Gasteiger partial charge in [0, 0.05) is 16.3 Å². The first-order valence-electron chi connectivity index (χ1n) is 13.1. The molecule has 1 amide bonds. The third-order valence-electron chi connectivity index (χ3n) is 6.60. The average molecular weight is 612 g/mol. The van der Waals surface area contributed by atoms with E-state index in [4.69, 9.17) is 23.2 Å². The molecule has 5 aromatic carbocycles. The van der Waals surface area contributed by atoms with Crippen molar-refractivity contribution in [3.05, 3.63) is 125 Å². The quantitative estimate of drug-likeness (QED) is 0.0757. The molecule has 2 N–H and O–H groups in total. The predicted octanol–water partition coefficient (Wildman–Crippen LogP) is 7.74. The van der Waals surface area contributed by atoms with Gasteiger partial charge < -0.3 is 5.32 Å². The number of carbonyl (C=O) groups excluding carboxylic acids is 1. The standard InChI is InChI=1S/C32H24Cl2N6OS/c33-23-14-15-29(28(34)17-23)40-30(19-35-24-10-2-1-3-11-24)37-39-32(40)42-20-31(41)38-36-18-27-25-12-6-4-8-21(25)16-22-9-5-7-13-26(22)27/h1-18,35H,19-20H2,(H,38,41)/b36-18-. The second-order valence-electron chi connectivity index (χ2n) is 9.36. The lowest BCUT2D eigenvalue weighted by molar-refractivity contribution is -0.118. The van der Waals surface area contributed by atoms with Gasteiger partial charge in [0.15, 0.2) is 11.0 Å². The lowest BCUT2D eigenvalue weighted by Crippen LogP contribution is -2.20. The summed E-state index contributed by atoms with van der Waals surface area (Å²) in [7, 11) is 0. The minimum Gasteiger partial charge on any atom is -0.378 e. The van der Waals surface area contributed by atoms with Crippen LogP contribution in [0.4, 0.5) is 5.69 Å². The summed E-state index contributed by atoms with van der Waals surface area (Å²) in [6.45, 7) is 0.395. The van der Waals surface area contributed by atoms with E-state index in [2.05, 4.69) is 56.4 Å². The first kappa shape index (κ1) is 27.8. The first-order chi connectivity index (χ1) is 20.6. The molecule has 0 bridgehead atoms. The van der Waals surface area contributed by atoms with Crippen LogP contribution in [0.25, 0.3) is 27.2 Å². The van der Waals surface area contributed by atoms with Gasteiger partial charge in [-0.15, -0.1) is 10.2 Å². The van der Waals surface area contributed by atoms with Gasteiger partial charge in [0.05, 0.1) is 29.2 Å². The van der Waals surface area contributed by atoms with Crippen molar-refractivity contribution in [3.8, 4) is 5.69 Å². The molecular formula is C32H24Cl2N6OS. The summed E-state index contributed by atoms with van der Waals surface area (Å²) in [6, 6.07) is 33.4. The third kappa shape index (κ3) is 6.11. The molecule has 208 valence electrons. The van der Waals surface area contributed by atoms with Gasteiger partial charge in [-0.2, -0.15) is 5.10 Å². The van der Waals surface area contributed by atoms with Gasteiger partial charge in [-0.05, 0) is 57.9 Å². The molecule has 0 saturated heterocycles. The number of aromatic nitrogens is 3. The van der Waals surface area contributed by atoms with E-state index < -0.39 is 0 Å². The smallest absolute Gasteiger partial charge is 0.250 e. The molecule has 1 heterocycles. The van der Waals surface area contributed by atoms with Crippen molar-refractivity contribution >= 4 is 74.3 Å². The molecule has 42 heavy (non-hydrogen) atoms. The van der Waals surface area contributed by atoms with Crippen LogP contribution in [0.15, 0.2) is 113 Å². The van der Waals surface area contributed by atoms with Crippen LogP contribution in [0.5, 0.6) is 0 Å². The molecule has 1 aromatic heterocycles. The SMILES string of the molecule is O=C(CSc1nnc(CNc2ccccc2)n1-c1ccc(Cl)cc1Cl)N/N=C\c1c2ccccc2cc2ccccc12. The van der Waals surface area contributed by atoms with Crippen LogP contribution in [-0.4, -0.2) is 32.6 Å². The zero-order valence-corrected chi connectivity index (χ0v) is 24.5. The van der Waals surface area contributed by atoms with E-state index >= 15 is 0 Å². The maximum atomic E-state index is 12.9. The number of benzene rings is 5. The molecule has 0 saturated carbocycles. The maximum Gasteiger partial charge on any atom is 0.250 e. The van der Waals surface area contributed by atoms with E-state index in [1.54, 1.807) is 18.3 Å². The number of nitrogens with zero attached hydrogens (tertiary/aromatic N) is 4. The number of hydrogen-bond donors (Lipinski definition) is 2. The summed E-state index contributed by atoms with van der Waals surface area (Å²) < 4.78 is 1.83. The Morgan fingerprint density at radius 1 is 0.857 bits per heavy atom. The lowest BCUT2D eigenvalue weighted by Gasteiger charge is -2.13. The summed E-state index contributed by atoms with van der Waals surface area (Å²) >= 11 is 14.0. The van der Waals surface area contributed by atoms with Crippen molar-refractivity contribution in [1.82, 2.24) is 20.2 Å². The second kappa shape index (κ2) is 12.7. The Bertz CT molecular complexity index is 1870. The fourth-order valence-electron chi connectivity index (χ4n) is 4.67. The molecular weight excluding hydrogens is 587 g/mol. The molecule has 0 aliphatic carbocycles. The Kier molecular flexibility index (Phi) is 8.37. The van der Waals surface area contributed by atoms with E-state index in [9.17, 15) is 4.79 Å². The number of amides is 1. The minimum atomic E-state index is -0.276. The number of halogens is 2. The van der Waals surface area contributed by atoms with Crippen molar-refractivity contribution in [1.29, 1.82) is 0 Å². The van der Waals surface area contributed by atoms with Crippen LogP contribution >= 0.6 is 35.0 Å². The van der Waals surface area contributed by atoms with Crippen LogP contribution in [0.3, 0.4) is 0 Å². The molecule has 0 radical (unpaired) electrons. The molecule has 0 spiro atoms. The Labute approximate surface area is 256 Å². The Morgan fingerprint density at radius 2 is 1.55 bits per heavy atom. The highest BCUT2D eigenvalue weighted by atomic mass is 35.5. The number of fused-ring (bicyclic) bond motifs is 2. The van der Waals surface area contributed by atoms with Crippen LogP contribution < -0.4 is 10.7 Å². The molecule has 0 aliphatic rings. The highest BCUT2D eigenvalue weighted by molar-refractivity contribution is 7.99. The summed E-state index contributed by atoms with van der Waals surface area (Å²) in [5.74, 6) is 0.427. The fraction of sp³-hybridized carbons (Fsp3) is 0.0625. The molecule has 6 aromatic rings. The van der Waals surface area contributed by atoms with Crippen molar-refractivity contribution < 1.29 is 4.79 Å². The van der Waals surface area contributed by atoms with E-state index in [-0.39, 0.29) is 11.7 Å². The third-order valence-corrected chi connectivity index (χ3v) is 8.07. The van der Waals surface area contributed by atoms with Crippen molar-refractivity contribution in [2.24, 2.45) is 5.10 Å². The van der Waals surface area contributed by atoms with Crippen LogP contribution in [0.2, 0.25) is 10.0 Å². The zero-order valence-electron chi connectivity index (χ0n) is 22.2. The largest absolute Gasteiger partial charge is 0.378 e.